The van der Waals surface area contributed by atoms with E-state index in [9.17, 15) is 5.11 Å². The minimum Gasteiger partial charge on any atom is -0.507 e. The SMILES string of the molecule is CCc1c(N(C)Cc2ccccc2)cc(C(C)(C)CC)c(O)c1C(C)(C)CC. The van der Waals surface area contributed by atoms with E-state index >= 15 is 0 Å². The Bertz CT molecular complexity index is 790. The second kappa shape index (κ2) is 8.59. The number of benzene rings is 2. The maximum absolute atomic E-state index is 11.4. The predicted molar refractivity (Wildman–Crippen MR) is 123 cm³/mol. The van der Waals surface area contributed by atoms with Crippen molar-refractivity contribution in [1.82, 2.24) is 0 Å². The first-order valence-electron chi connectivity index (χ1n) is 10.7. The summed E-state index contributed by atoms with van der Waals surface area (Å²) in [5.74, 6) is 0.507. The summed E-state index contributed by atoms with van der Waals surface area (Å²) >= 11 is 0. The highest BCUT2D eigenvalue weighted by Crippen LogP contribution is 2.47. The minimum absolute atomic E-state index is 0.0718. The first-order chi connectivity index (χ1) is 13.1. The Kier molecular flexibility index (Phi) is 6.85. The molecule has 2 aromatic carbocycles. The minimum atomic E-state index is -0.0722. The van der Waals surface area contributed by atoms with Crippen LogP contribution in [0.2, 0.25) is 0 Å². The Balaban J connectivity index is 2.73. The molecule has 0 aliphatic heterocycles. The lowest BCUT2D eigenvalue weighted by atomic mass is 9.72. The van der Waals surface area contributed by atoms with Gasteiger partial charge in [-0.05, 0) is 47.3 Å². The molecule has 0 unspecified atom stereocenters. The van der Waals surface area contributed by atoms with Gasteiger partial charge in [-0.15, -0.1) is 0 Å². The van der Waals surface area contributed by atoms with Crippen molar-refractivity contribution >= 4 is 5.69 Å². The molecule has 0 fully saturated rings. The van der Waals surface area contributed by atoms with Crippen LogP contribution in [0, 0.1) is 0 Å². The largest absolute Gasteiger partial charge is 0.507 e. The first-order valence-corrected chi connectivity index (χ1v) is 10.7. The van der Waals surface area contributed by atoms with Crippen molar-refractivity contribution in [1.29, 1.82) is 0 Å². The van der Waals surface area contributed by atoms with Gasteiger partial charge in [-0.25, -0.2) is 0 Å². The van der Waals surface area contributed by atoms with Gasteiger partial charge >= 0.3 is 0 Å². The van der Waals surface area contributed by atoms with Gasteiger partial charge in [-0.1, -0.05) is 78.8 Å². The van der Waals surface area contributed by atoms with Crippen LogP contribution in [-0.2, 0) is 23.8 Å². The van der Waals surface area contributed by atoms with E-state index in [-0.39, 0.29) is 10.8 Å². The lowest BCUT2D eigenvalue weighted by Crippen LogP contribution is -2.26. The molecule has 1 N–H and O–H groups in total. The smallest absolute Gasteiger partial charge is 0.123 e. The molecule has 2 heteroatoms. The summed E-state index contributed by atoms with van der Waals surface area (Å²) in [7, 11) is 2.17. The van der Waals surface area contributed by atoms with Crippen molar-refractivity contribution in [2.75, 3.05) is 11.9 Å². The van der Waals surface area contributed by atoms with Crippen LogP contribution >= 0.6 is 0 Å². The first kappa shape index (κ1) is 22.3. The number of phenols is 1. The van der Waals surface area contributed by atoms with Gasteiger partial charge in [0.25, 0.3) is 0 Å². The van der Waals surface area contributed by atoms with Gasteiger partial charge in [-0.2, -0.15) is 0 Å². The van der Waals surface area contributed by atoms with E-state index in [2.05, 4.69) is 96.8 Å². The number of rotatable bonds is 8. The molecule has 0 aromatic heterocycles. The number of hydrogen-bond donors (Lipinski definition) is 1. The van der Waals surface area contributed by atoms with Gasteiger partial charge in [-0.3, -0.25) is 0 Å². The summed E-state index contributed by atoms with van der Waals surface area (Å²) in [6.07, 6.45) is 2.89. The molecule has 2 rings (SSSR count). The van der Waals surface area contributed by atoms with Crippen LogP contribution in [0.3, 0.4) is 0 Å². The summed E-state index contributed by atoms with van der Waals surface area (Å²) in [6.45, 7) is 16.4. The predicted octanol–water partition coefficient (Wildman–Crippen LogP) is 6.97. The molecule has 0 aliphatic carbocycles. The quantitative estimate of drug-likeness (QED) is 0.534. The summed E-state index contributed by atoms with van der Waals surface area (Å²) < 4.78 is 0. The maximum atomic E-state index is 11.4. The van der Waals surface area contributed by atoms with Gasteiger partial charge in [0.1, 0.15) is 5.75 Å². The monoisotopic (exact) mass is 381 g/mol. The van der Waals surface area contributed by atoms with Crippen LogP contribution in [0.1, 0.15) is 83.6 Å². The average molecular weight is 382 g/mol. The number of phenolic OH excluding ortho intramolecular Hbond substituents is 1. The molecule has 0 radical (unpaired) electrons. The molecular formula is C26H39NO. The molecule has 154 valence electrons. The summed E-state index contributed by atoms with van der Waals surface area (Å²) in [5, 5.41) is 11.4. The number of nitrogens with zero attached hydrogens (tertiary/aromatic N) is 1. The third-order valence-corrected chi connectivity index (χ3v) is 6.58. The molecule has 0 aliphatic rings. The summed E-state index contributed by atoms with van der Waals surface area (Å²) in [4.78, 5) is 2.35. The Hall–Kier alpha value is -1.96. The fourth-order valence-electron chi connectivity index (χ4n) is 3.95. The zero-order valence-electron chi connectivity index (χ0n) is 19.2. The van der Waals surface area contributed by atoms with Crippen molar-refractivity contribution in [2.24, 2.45) is 0 Å². The van der Waals surface area contributed by atoms with Crippen LogP contribution in [0.15, 0.2) is 36.4 Å². The normalized spacial score (nSPS) is 12.3. The van der Waals surface area contributed by atoms with E-state index in [1.807, 2.05) is 0 Å². The van der Waals surface area contributed by atoms with Crippen molar-refractivity contribution in [3.8, 4) is 5.75 Å². The van der Waals surface area contributed by atoms with Gasteiger partial charge in [0.2, 0.25) is 0 Å². The topological polar surface area (TPSA) is 23.5 Å². The van der Waals surface area contributed by atoms with E-state index in [1.54, 1.807) is 0 Å². The van der Waals surface area contributed by atoms with Gasteiger partial charge in [0, 0.05) is 30.4 Å². The third-order valence-electron chi connectivity index (χ3n) is 6.58. The molecule has 0 heterocycles. The highest BCUT2D eigenvalue weighted by atomic mass is 16.3. The second-order valence-electron chi connectivity index (χ2n) is 9.32. The molecule has 0 bridgehead atoms. The standard InChI is InChI=1S/C26H39NO/c1-9-20-22(27(8)18-19-15-13-12-14-16-19)17-21(25(4,5)10-2)24(28)23(20)26(6,7)11-3/h12-17,28H,9-11,18H2,1-8H3. The van der Waals surface area contributed by atoms with Crippen molar-refractivity contribution in [3.05, 3.63) is 58.7 Å². The molecule has 0 atom stereocenters. The lowest BCUT2D eigenvalue weighted by molar-refractivity contribution is 0.398. The Morgan fingerprint density at radius 3 is 1.96 bits per heavy atom. The highest BCUT2D eigenvalue weighted by Gasteiger charge is 2.33. The zero-order valence-corrected chi connectivity index (χ0v) is 19.2. The number of hydrogen-bond acceptors (Lipinski definition) is 2. The Morgan fingerprint density at radius 1 is 0.893 bits per heavy atom. The van der Waals surface area contributed by atoms with Crippen LogP contribution in [0.25, 0.3) is 0 Å². The van der Waals surface area contributed by atoms with Crippen LogP contribution < -0.4 is 4.90 Å². The van der Waals surface area contributed by atoms with Crippen LogP contribution in [0.4, 0.5) is 5.69 Å². The number of aromatic hydroxyl groups is 1. The van der Waals surface area contributed by atoms with Gasteiger partial charge in [0.15, 0.2) is 0 Å². The third kappa shape index (κ3) is 4.37. The van der Waals surface area contributed by atoms with Crippen LogP contribution in [0.5, 0.6) is 5.75 Å². The summed E-state index contributed by atoms with van der Waals surface area (Å²) in [5.41, 5.74) is 5.88. The fourth-order valence-corrected chi connectivity index (χ4v) is 3.95. The lowest BCUT2D eigenvalue weighted by Gasteiger charge is -2.36. The van der Waals surface area contributed by atoms with Crippen molar-refractivity contribution in [2.45, 2.75) is 85.1 Å². The zero-order chi connectivity index (χ0) is 21.1. The molecule has 28 heavy (non-hydrogen) atoms. The Morgan fingerprint density at radius 2 is 1.46 bits per heavy atom. The summed E-state index contributed by atoms with van der Waals surface area (Å²) in [6, 6.07) is 12.9. The van der Waals surface area contributed by atoms with E-state index < -0.39 is 0 Å². The Labute approximate surface area is 172 Å². The molecule has 2 nitrogen and oxygen atoms in total. The van der Waals surface area contributed by atoms with E-state index in [4.69, 9.17) is 0 Å². The second-order valence-corrected chi connectivity index (χ2v) is 9.32. The molecular weight excluding hydrogens is 342 g/mol. The molecule has 0 saturated carbocycles. The van der Waals surface area contributed by atoms with Crippen molar-refractivity contribution in [3.63, 3.8) is 0 Å². The van der Waals surface area contributed by atoms with E-state index in [1.165, 1.54) is 16.8 Å². The molecule has 2 aromatic rings. The molecule has 0 saturated heterocycles. The highest BCUT2D eigenvalue weighted by molar-refractivity contribution is 5.66. The number of anilines is 1. The molecule has 0 amide bonds. The van der Waals surface area contributed by atoms with Gasteiger partial charge in [0.05, 0.1) is 0 Å². The maximum Gasteiger partial charge on any atom is 0.123 e. The fraction of sp³-hybridized carbons (Fsp3) is 0.538. The van der Waals surface area contributed by atoms with E-state index in [0.29, 0.717) is 5.75 Å². The van der Waals surface area contributed by atoms with E-state index in [0.717, 1.165) is 36.9 Å². The van der Waals surface area contributed by atoms with Crippen molar-refractivity contribution < 1.29 is 5.11 Å². The average Bonchev–Trinajstić information content (AvgIpc) is 2.67. The van der Waals surface area contributed by atoms with Gasteiger partial charge < -0.3 is 10.0 Å². The molecule has 0 spiro atoms. The van der Waals surface area contributed by atoms with Crippen LogP contribution in [-0.4, -0.2) is 12.2 Å².